The summed E-state index contributed by atoms with van der Waals surface area (Å²) in [5.41, 5.74) is -0.600. The Morgan fingerprint density at radius 2 is 2.20 bits per heavy atom. The van der Waals surface area contributed by atoms with Gasteiger partial charge in [-0.15, -0.1) is 11.3 Å². The number of carbonyl (C=O) groups is 1. The van der Waals surface area contributed by atoms with E-state index in [-0.39, 0.29) is 17.3 Å². The van der Waals surface area contributed by atoms with E-state index in [1.54, 1.807) is 13.1 Å². The number of hydrogen-bond acceptors (Lipinski definition) is 6. The maximum Gasteiger partial charge on any atom is 0.316 e. The molecule has 0 aliphatic heterocycles. The number of rotatable bonds is 3. The number of hydrogen-bond donors (Lipinski definition) is 0. The van der Waals surface area contributed by atoms with Crippen molar-refractivity contribution in [1.82, 2.24) is 9.55 Å². The topological polar surface area (TPSA) is 61.2 Å². The molecule has 2 aromatic heterocycles. The van der Waals surface area contributed by atoms with Crippen LogP contribution in [0.15, 0.2) is 21.4 Å². The molecule has 108 valence electrons. The van der Waals surface area contributed by atoms with Gasteiger partial charge < -0.3 is 4.74 Å². The molecule has 7 heteroatoms. The summed E-state index contributed by atoms with van der Waals surface area (Å²) in [6.45, 7) is 5.46. The van der Waals surface area contributed by atoms with E-state index in [0.29, 0.717) is 15.4 Å². The zero-order valence-corrected chi connectivity index (χ0v) is 13.4. The van der Waals surface area contributed by atoms with Gasteiger partial charge in [-0.05, 0) is 32.2 Å². The molecule has 0 spiro atoms. The number of thiophene rings is 1. The third kappa shape index (κ3) is 3.40. The zero-order chi connectivity index (χ0) is 14.9. The van der Waals surface area contributed by atoms with Crippen LogP contribution in [-0.4, -0.2) is 26.9 Å². The van der Waals surface area contributed by atoms with Crippen LogP contribution in [0.1, 0.15) is 20.8 Å². The summed E-state index contributed by atoms with van der Waals surface area (Å²) in [5.74, 6) is -0.183. The fourth-order valence-corrected chi connectivity index (χ4v) is 3.15. The van der Waals surface area contributed by atoms with Crippen molar-refractivity contribution in [1.29, 1.82) is 0 Å². The lowest BCUT2D eigenvalue weighted by Gasteiger charge is -2.19. The second kappa shape index (κ2) is 5.57. The average molecular weight is 312 g/mol. The monoisotopic (exact) mass is 312 g/mol. The lowest BCUT2D eigenvalue weighted by Crippen LogP contribution is -2.25. The largest absolute Gasteiger partial charge is 0.459 e. The third-order valence-electron chi connectivity index (χ3n) is 2.40. The first kappa shape index (κ1) is 15.1. The minimum atomic E-state index is -0.505. The summed E-state index contributed by atoms with van der Waals surface area (Å²) in [6.07, 6.45) is 0. The maximum absolute atomic E-state index is 12.1. The van der Waals surface area contributed by atoms with Gasteiger partial charge in [0.15, 0.2) is 5.16 Å². The number of thioether (sulfide) groups is 1. The first-order valence-electron chi connectivity index (χ1n) is 6.07. The molecule has 0 aliphatic rings. The normalized spacial score (nSPS) is 11.8. The predicted octanol–water partition coefficient (Wildman–Crippen LogP) is 2.43. The van der Waals surface area contributed by atoms with E-state index in [1.807, 2.05) is 26.2 Å². The molecule has 0 amide bonds. The Morgan fingerprint density at radius 1 is 1.50 bits per heavy atom. The van der Waals surface area contributed by atoms with Crippen molar-refractivity contribution in [2.24, 2.45) is 7.05 Å². The number of fused-ring (bicyclic) bond motifs is 1. The second-order valence-electron chi connectivity index (χ2n) is 5.27. The van der Waals surface area contributed by atoms with Crippen LogP contribution in [0, 0.1) is 0 Å². The molecule has 0 N–H and O–H groups in total. The Morgan fingerprint density at radius 3 is 2.85 bits per heavy atom. The molecule has 0 aromatic carbocycles. The van der Waals surface area contributed by atoms with E-state index in [0.717, 1.165) is 0 Å². The van der Waals surface area contributed by atoms with Crippen LogP contribution < -0.4 is 5.56 Å². The molecular formula is C13H16N2O3S2. The Kier molecular flexibility index (Phi) is 4.19. The van der Waals surface area contributed by atoms with Crippen LogP contribution in [0.3, 0.4) is 0 Å². The van der Waals surface area contributed by atoms with Crippen molar-refractivity contribution in [3.8, 4) is 0 Å². The first-order chi connectivity index (χ1) is 9.28. The maximum atomic E-state index is 12.1. The van der Waals surface area contributed by atoms with E-state index in [2.05, 4.69) is 4.98 Å². The van der Waals surface area contributed by atoms with Gasteiger partial charge in [-0.25, -0.2) is 4.98 Å². The van der Waals surface area contributed by atoms with Gasteiger partial charge >= 0.3 is 5.97 Å². The molecule has 0 fully saturated rings. The van der Waals surface area contributed by atoms with Gasteiger partial charge in [0.2, 0.25) is 0 Å². The van der Waals surface area contributed by atoms with Gasteiger partial charge in [-0.3, -0.25) is 14.2 Å². The van der Waals surface area contributed by atoms with Gasteiger partial charge in [0.1, 0.15) is 10.4 Å². The molecule has 20 heavy (non-hydrogen) atoms. The second-order valence-corrected chi connectivity index (χ2v) is 7.11. The van der Waals surface area contributed by atoms with Crippen LogP contribution in [0.2, 0.25) is 0 Å². The summed E-state index contributed by atoms with van der Waals surface area (Å²) in [6, 6.07) is 1.76. The highest BCUT2D eigenvalue weighted by molar-refractivity contribution is 7.99. The fraction of sp³-hybridized carbons (Fsp3) is 0.462. The molecule has 2 heterocycles. The summed E-state index contributed by atoms with van der Waals surface area (Å²) in [4.78, 5) is 28.9. The van der Waals surface area contributed by atoms with E-state index >= 15 is 0 Å². The van der Waals surface area contributed by atoms with E-state index in [4.69, 9.17) is 4.74 Å². The molecule has 2 rings (SSSR count). The lowest BCUT2D eigenvalue weighted by atomic mass is 10.2. The predicted molar refractivity (Wildman–Crippen MR) is 81.4 cm³/mol. The molecule has 0 saturated heterocycles. The third-order valence-corrected chi connectivity index (χ3v) is 4.21. The minimum Gasteiger partial charge on any atom is -0.459 e. The SMILES string of the molecule is Cn1c(SCC(=O)OC(C)(C)C)nc2sccc2c1=O. The van der Waals surface area contributed by atoms with Crippen molar-refractivity contribution in [3.63, 3.8) is 0 Å². The molecule has 0 saturated carbocycles. The highest BCUT2D eigenvalue weighted by Crippen LogP contribution is 2.21. The van der Waals surface area contributed by atoms with Crippen molar-refractivity contribution < 1.29 is 9.53 Å². The van der Waals surface area contributed by atoms with Gasteiger partial charge in [0.05, 0.1) is 11.1 Å². The Bertz CT molecular complexity index is 698. The zero-order valence-electron chi connectivity index (χ0n) is 11.8. The molecule has 0 radical (unpaired) electrons. The highest BCUT2D eigenvalue weighted by Gasteiger charge is 2.17. The van der Waals surface area contributed by atoms with Gasteiger partial charge in [0.25, 0.3) is 5.56 Å². The van der Waals surface area contributed by atoms with Crippen LogP contribution in [-0.2, 0) is 16.6 Å². The quantitative estimate of drug-likeness (QED) is 0.495. The Hall–Kier alpha value is -1.34. The van der Waals surface area contributed by atoms with E-state index in [9.17, 15) is 9.59 Å². The van der Waals surface area contributed by atoms with Crippen molar-refractivity contribution >= 4 is 39.3 Å². The Labute approximate surface area is 125 Å². The number of carbonyl (C=O) groups excluding carboxylic acids is 1. The highest BCUT2D eigenvalue weighted by atomic mass is 32.2. The van der Waals surface area contributed by atoms with Crippen LogP contribution in [0.5, 0.6) is 0 Å². The molecule has 0 unspecified atom stereocenters. The molecule has 0 bridgehead atoms. The fourth-order valence-electron chi connectivity index (χ4n) is 1.60. The minimum absolute atomic E-state index is 0.0945. The molecular weight excluding hydrogens is 296 g/mol. The molecule has 2 aromatic rings. The summed E-state index contributed by atoms with van der Waals surface area (Å²) >= 11 is 2.63. The van der Waals surface area contributed by atoms with Crippen molar-refractivity contribution in [2.75, 3.05) is 5.75 Å². The lowest BCUT2D eigenvalue weighted by molar-refractivity contribution is -0.151. The number of esters is 1. The van der Waals surface area contributed by atoms with Gasteiger partial charge in [0, 0.05) is 7.05 Å². The van der Waals surface area contributed by atoms with Crippen LogP contribution in [0.4, 0.5) is 0 Å². The van der Waals surface area contributed by atoms with Gasteiger partial charge in [-0.1, -0.05) is 11.8 Å². The molecule has 0 atom stereocenters. The Balaban J connectivity index is 2.16. The van der Waals surface area contributed by atoms with E-state index in [1.165, 1.54) is 27.7 Å². The van der Waals surface area contributed by atoms with Crippen LogP contribution in [0.25, 0.3) is 10.2 Å². The van der Waals surface area contributed by atoms with Crippen LogP contribution >= 0.6 is 23.1 Å². The standard InChI is InChI=1S/C13H16N2O3S2/c1-13(2,3)18-9(16)7-20-12-14-10-8(5-6-19-10)11(17)15(12)4/h5-6H,7H2,1-4H3. The number of nitrogens with zero attached hydrogens (tertiary/aromatic N) is 2. The van der Waals surface area contributed by atoms with Gasteiger partial charge in [-0.2, -0.15) is 0 Å². The van der Waals surface area contributed by atoms with E-state index < -0.39 is 5.60 Å². The summed E-state index contributed by atoms with van der Waals surface area (Å²) in [5, 5.41) is 2.97. The van der Waals surface area contributed by atoms with Crippen molar-refractivity contribution in [3.05, 3.63) is 21.8 Å². The molecule has 0 aliphatic carbocycles. The number of aromatic nitrogens is 2. The number of ether oxygens (including phenoxy) is 1. The summed E-state index contributed by atoms with van der Waals surface area (Å²) < 4.78 is 6.69. The van der Waals surface area contributed by atoms with Crippen molar-refractivity contribution in [2.45, 2.75) is 31.5 Å². The first-order valence-corrected chi connectivity index (χ1v) is 7.93. The smallest absolute Gasteiger partial charge is 0.316 e. The molecule has 5 nitrogen and oxygen atoms in total. The average Bonchev–Trinajstić information content (AvgIpc) is 2.78. The summed E-state index contributed by atoms with van der Waals surface area (Å²) in [7, 11) is 1.66.